The summed E-state index contributed by atoms with van der Waals surface area (Å²) in [6, 6.07) is 23.3. The van der Waals surface area contributed by atoms with Crippen LogP contribution in [0.4, 0.5) is 4.79 Å². The van der Waals surface area contributed by atoms with Crippen LogP contribution in [0.1, 0.15) is 18.4 Å². The van der Waals surface area contributed by atoms with Crippen LogP contribution in [0.5, 0.6) is 11.5 Å². The molecule has 0 unspecified atom stereocenters. The molecule has 1 aliphatic heterocycles. The summed E-state index contributed by atoms with van der Waals surface area (Å²) in [5.74, 6) is 1.48. The minimum atomic E-state index is -0.893. The lowest BCUT2D eigenvalue weighted by Crippen LogP contribution is -2.41. The summed E-state index contributed by atoms with van der Waals surface area (Å²) >= 11 is 0. The standard InChI is InChI=1S/C29H28N2O5/c1-35-23-9-7-20(8-10-23)19-31-14-11-22-17-27(36-24-12-15-30(16-13-24)29(33)34)25(18-26(22)28(31)32)21-5-3-2-4-6-21/h2-11,14,17-18,24H,12-13,15-16,19H2,1H3,(H,33,34). The second kappa shape index (κ2) is 10.2. The molecule has 0 spiro atoms. The zero-order valence-electron chi connectivity index (χ0n) is 20.1. The first-order chi connectivity index (χ1) is 17.5. The molecular weight excluding hydrogens is 456 g/mol. The van der Waals surface area contributed by atoms with Gasteiger partial charge in [-0.2, -0.15) is 0 Å². The molecule has 184 valence electrons. The number of hydrogen-bond donors (Lipinski definition) is 1. The molecule has 0 radical (unpaired) electrons. The van der Waals surface area contributed by atoms with Gasteiger partial charge in [-0.1, -0.05) is 42.5 Å². The van der Waals surface area contributed by atoms with Crippen LogP contribution < -0.4 is 15.0 Å². The number of hydrogen-bond acceptors (Lipinski definition) is 4. The average molecular weight is 485 g/mol. The molecule has 0 aliphatic carbocycles. The number of piperidine rings is 1. The van der Waals surface area contributed by atoms with Crippen LogP contribution in [0.15, 0.2) is 83.8 Å². The fourth-order valence-corrected chi connectivity index (χ4v) is 4.65. The van der Waals surface area contributed by atoms with Crippen molar-refractivity contribution in [1.29, 1.82) is 0 Å². The maximum atomic E-state index is 13.5. The van der Waals surface area contributed by atoms with E-state index in [-0.39, 0.29) is 11.7 Å². The van der Waals surface area contributed by atoms with Crippen molar-refractivity contribution >= 4 is 16.9 Å². The van der Waals surface area contributed by atoms with Crippen molar-refractivity contribution < 1.29 is 19.4 Å². The summed E-state index contributed by atoms with van der Waals surface area (Å²) in [4.78, 5) is 26.2. The molecule has 36 heavy (non-hydrogen) atoms. The molecule has 3 aromatic carbocycles. The summed E-state index contributed by atoms with van der Waals surface area (Å²) in [5, 5.41) is 10.7. The third-order valence-corrected chi connectivity index (χ3v) is 6.68. The predicted octanol–water partition coefficient (Wildman–Crippen LogP) is 5.25. The highest BCUT2D eigenvalue weighted by atomic mass is 16.5. The molecule has 1 aromatic heterocycles. The predicted molar refractivity (Wildman–Crippen MR) is 139 cm³/mol. The van der Waals surface area contributed by atoms with Crippen LogP contribution in [0.2, 0.25) is 0 Å². The van der Waals surface area contributed by atoms with Crippen molar-refractivity contribution in [1.82, 2.24) is 9.47 Å². The number of benzene rings is 3. The lowest BCUT2D eigenvalue weighted by atomic mass is 10.00. The Kier molecular flexibility index (Phi) is 6.62. The molecule has 1 fully saturated rings. The van der Waals surface area contributed by atoms with Crippen molar-refractivity contribution in [2.45, 2.75) is 25.5 Å². The lowest BCUT2D eigenvalue weighted by Gasteiger charge is -2.31. The van der Waals surface area contributed by atoms with E-state index in [4.69, 9.17) is 9.47 Å². The second-order valence-electron chi connectivity index (χ2n) is 8.99. The van der Waals surface area contributed by atoms with E-state index in [9.17, 15) is 14.7 Å². The first kappa shape index (κ1) is 23.5. The summed E-state index contributed by atoms with van der Waals surface area (Å²) in [5.41, 5.74) is 2.75. The van der Waals surface area contributed by atoms with Crippen LogP contribution in [-0.2, 0) is 6.54 Å². The number of amides is 1. The van der Waals surface area contributed by atoms with Crippen molar-refractivity contribution in [3.05, 3.63) is 94.9 Å². The summed E-state index contributed by atoms with van der Waals surface area (Å²) in [6.07, 6.45) is 2.09. The molecule has 4 aromatic rings. The number of fused-ring (bicyclic) bond motifs is 1. The van der Waals surface area contributed by atoms with Gasteiger partial charge in [-0.15, -0.1) is 0 Å². The Hall–Kier alpha value is -4.26. The third-order valence-electron chi connectivity index (χ3n) is 6.68. The SMILES string of the molecule is COc1ccc(Cn2ccc3cc(OC4CCN(C(=O)O)CC4)c(-c4ccccc4)cc3c2=O)cc1. The highest BCUT2D eigenvalue weighted by molar-refractivity contribution is 5.90. The van der Waals surface area contributed by atoms with Crippen LogP contribution in [-0.4, -0.2) is 47.0 Å². The molecule has 0 saturated carbocycles. The van der Waals surface area contributed by atoms with E-state index >= 15 is 0 Å². The highest BCUT2D eigenvalue weighted by Crippen LogP contribution is 2.35. The normalized spacial score (nSPS) is 14.1. The largest absolute Gasteiger partial charge is 0.497 e. The van der Waals surface area contributed by atoms with Crippen molar-refractivity contribution in [2.24, 2.45) is 0 Å². The Labute approximate surface area is 209 Å². The van der Waals surface area contributed by atoms with Crippen molar-refractivity contribution in [3.63, 3.8) is 0 Å². The number of nitrogens with zero attached hydrogens (tertiary/aromatic N) is 2. The molecule has 7 heteroatoms. The zero-order chi connectivity index (χ0) is 25.1. The van der Waals surface area contributed by atoms with Crippen molar-refractivity contribution in [3.8, 4) is 22.6 Å². The van der Waals surface area contributed by atoms with Crippen LogP contribution in [0.25, 0.3) is 21.9 Å². The Bertz CT molecular complexity index is 1420. The highest BCUT2D eigenvalue weighted by Gasteiger charge is 2.24. The number of pyridine rings is 1. The number of carboxylic acid groups (broad SMARTS) is 1. The second-order valence-corrected chi connectivity index (χ2v) is 8.99. The van der Waals surface area contributed by atoms with E-state index in [0.717, 1.165) is 27.8 Å². The summed E-state index contributed by atoms with van der Waals surface area (Å²) < 4.78 is 13.4. The number of methoxy groups -OCH3 is 1. The monoisotopic (exact) mass is 484 g/mol. The quantitative estimate of drug-likeness (QED) is 0.405. The van der Waals surface area contributed by atoms with Gasteiger partial charge in [0.15, 0.2) is 0 Å². The number of aromatic nitrogens is 1. The molecule has 1 N–H and O–H groups in total. The minimum Gasteiger partial charge on any atom is -0.497 e. The van der Waals surface area contributed by atoms with E-state index in [0.29, 0.717) is 43.6 Å². The van der Waals surface area contributed by atoms with Gasteiger partial charge in [-0.3, -0.25) is 4.79 Å². The first-order valence-electron chi connectivity index (χ1n) is 12.0. The minimum absolute atomic E-state index is 0.0678. The van der Waals surface area contributed by atoms with Gasteiger partial charge in [-0.25, -0.2) is 4.79 Å². The number of carbonyl (C=O) groups is 1. The molecule has 0 bridgehead atoms. The van der Waals surface area contributed by atoms with Crippen LogP contribution >= 0.6 is 0 Å². The molecule has 2 heterocycles. The van der Waals surface area contributed by atoms with E-state index < -0.39 is 6.09 Å². The van der Waals surface area contributed by atoms with E-state index in [2.05, 4.69) is 0 Å². The summed E-state index contributed by atoms with van der Waals surface area (Å²) in [7, 11) is 1.63. The molecule has 7 nitrogen and oxygen atoms in total. The fourth-order valence-electron chi connectivity index (χ4n) is 4.65. The maximum Gasteiger partial charge on any atom is 0.407 e. The fraction of sp³-hybridized carbons (Fsp3) is 0.241. The van der Waals surface area contributed by atoms with Crippen LogP contribution in [0.3, 0.4) is 0 Å². The van der Waals surface area contributed by atoms with Gasteiger partial charge >= 0.3 is 6.09 Å². The maximum absolute atomic E-state index is 13.5. The van der Waals surface area contributed by atoms with Gasteiger partial charge in [0, 0.05) is 43.1 Å². The van der Waals surface area contributed by atoms with E-state index in [1.807, 2.05) is 79.0 Å². The topological polar surface area (TPSA) is 81.0 Å². The molecule has 0 atom stereocenters. The van der Waals surface area contributed by atoms with Gasteiger partial charge in [0.1, 0.15) is 17.6 Å². The zero-order valence-corrected chi connectivity index (χ0v) is 20.1. The molecule has 5 rings (SSSR count). The Morgan fingerprint density at radius 1 is 1.00 bits per heavy atom. The van der Waals surface area contributed by atoms with Gasteiger partial charge in [0.05, 0.1) is 13.7 Å². The smallest absolute Gasteiger partial charge is 0.407 e. The Morgan fingerprint density at radius 2 is 1.72 bits per heavy atom. The van der Waals surface area contributed by atoms with Gasteiger partial charge in [-0.05, 0) is 46.8 Å². The molecule has 1 amide bonds. The number of rotatable bonds is 6. The molecule has 1 aliphatic rings. The lowest BCUT2D eigenvalue weighted by molar-refractivity contribution is 0.0898. The van der Waals surface area contributed by atoms with E-state index in [1.165, 1.54) is 4.90 Å². The summed E-state index contributed by atoms with van der Waals surface area (Å²) in [6.45, 7) is 1.36. The van der Waals surface area contributed by atoms with Gasteiger partial charge in [0.2, 0.25) is 0 Å². The number of ether oxygens (including phenoxy) is 2. The Balaban J connectivity index is 1.50. The Morgan fingerprint density at radius 3 is 2.39 bits per heavy atom. The molecular formula is C29H28N2O5. The van der Waals surface area contributed by atoms with Gasteiger partial charge in [0.25, 0.3) is 5.56 Å². The van der Waals surface area contributed by atoms with Gasteiger partial charge < -0.3 is 24.0 Å². The van der Waals surface area contributed by atoms with E-state index in [1.54, 1.807) is 11.7 Å². The third kappa shape index (κ3) is 4.91. The molecule has 1 saturated heterocycles. The number of likely N-dealkylation sites (tertiary alicyclic amines) is 1. The van der Waals surface area contributed by atoms with Crippen LogP contribution in [0, 0.1) is 0 Å². The average Bonchev–Trinajstić information content (AvgIpc) is 2.91. The van der Waals surface area contributed by atoms with Crippen molar-refractivity contribution in [2.75, 3.05) is 20.2 Å². The first-order valence-corrected chi connectivity index (χ1v) is 12.0.